The topological polar surface area (TPSA) is 93.0 Å². The summed E-state index contributed by atoms with van der Waals surface area (Å²) in [5.74, 6) is -1.42. The number of benzene rings is 2. The van der Waals surface area contributed by atoms with Crippen LogP contribution >= 0.6 is 0 Å². The molecule has 0 amide bonds. The largest absolute Gasteiger partial charge is 0.465 e. The molecule has 29 heavy (non-hydrogen) atoms. The van der Waals surface area contributed by atoms with Crippen LogP contribution in [0.25, 0.3) is 0 Å². The Bertz CT molecular complexity index is 971. The van der Waals surface area contributed by atoms with Gasteiger partial charge in [0.2, 0.25) is 0 Å². The average molecular weight is 401 g/mol. The van der Waals surface area contributed by atoms with Gasteiger partial charge < -0.3 is 14.5 Å². The summed E-state index contributed by atoms with van der Waals surface area (Å²) in [6, 6.07) is 8.76. The van der Waals surface area contributed by atoms with Crippen LogP contribution in [0.1, 0.15) is 27.6 Å². The van der Waals surface area contributed by atoms with Gasteiger partial charge in [-0.2, -0.15) is 0 Å². The SMILES string of the molecule is COC(=O)c1cc(N2CCN(c3ccc(C(C)=O)cc3F)CC2)ccc1[N+](=O)[O-]. The predicted molar refractivity (Wildman–Crippen MR) is 105 cm³/mol. The van der Waals surface area contributed by atoms with Crippen molar-refractivity contribution in [2.75, 3.05) is 43.1 Å². The molecule has 2 aromatic carbocycles. The number of carbonyl (C=O) groups excluding carboxylic acids is 2. The summed E-state index contributed by atoms with van der Waals surface area (Å²) in [5, 5.41) is 11.1. The number of ketones is 1. The molecule has 3 rings (SSSR count). The fourth-order valence-electron chi connectivity index (χ4n) is 3.34. The molecule has 0 atom stereocenters. The van der Waals surface area contributed by atoms with Crippen LogP contribution in [0.15, 0.2) is 36.4 Å². The quantitative estimate of drug-likeness (QED) is 0.329. The molecule has 0 saturated carbocycles. The molecule has 0 aliphatic carbocycles. The average Bonchev–Trinajstić information content (AvgIpc) is 2.72. The van der Waals surface area contributed by atoms with Gasteiger partial charge in [-0.1, -0.05) is 0 Å². The van der Waals surface area contributed by atoms with E-state index in [1.165, 1.54) is 32.2 Å². The molecule has 9 heteroatoms. The first-order valence-corrected chi connectivity index (χ1v) is 8.99. The van der Waals surface area contributed by atoms with Gasteiger partial charge >= 0.3 is 5.97 Å². The summed E-state index contributed by atoms with van der Waals surface area (Å²) in [6.45, 7) is 3.49. The monoisotopic (exact) mass is 401 g/mol. The second kappa shape index (κ2) is 8.26. The van der Waals surface area contributed by atoms with E-state index >= 15 is 0 Å². The number of hydrogen-bond donors (Lipinski definition) is 0. The normalized spacial score (nSPS) is 13.9. The third-order valence-corrected chi connectivity index (χ3v) is 4.92. The maximum atomic E-state index is 14.4. The first-order chi connectivity index (χ1) is 13.8. The fourth-order valence-corrected chi connectivity index (χ4v) is 3.34. The number of methoxy groups -OCH3 is 1. The van der Waals surface area contributed by atoms with Crippen LogP contribution in [0, 0.1) is 15.9 Å². The van der Waals surface area contributed by atoms with E-state index < -0.39 is 16.7 Å². The molecule has 8 nitrogen and oxygen atoms in total. The summed E-state index contributed by atoms with van der Waals surface area (Å²) < 4.78 is 19.0. The van der Waals surface area contributed by atoms with Crippen molar-refractivity contribution in [3.63, 3.8) is 0 Å². The molecule has 0 bridgehead atoms. The highest BCUT2D eigenvalue weighted by Crippen LogP contribution is 2.28. The van der Waals surface area contributed by atoms with Crippen molar-refractivity contribution in [1.29, 1.82) is 0 Å². The van der Waals surface area contributed by atoms with Gasteiger partial charge in [-0.25, -0.2) is 9.18 Å². The number of nitrogens with zero attached hydrogens (tertiary/aromatic N) is 3. The van der Waals surface area contributed by atoms with E-state index in [4.69, 9.17) is 0 Å². The van der Waals surface area contributed by atoms with Gasteiger partial charge in [0.25, 0.3) is 5.69 Å². The number of piperazine rings is 1. The van der Waals surface area contributed by atoms with E-state index in [9.17, 15) is 24.1 Å². The van der Waals surface area contributed by atoms with Gasteiger partial charge in [0.15, 0.2) is 5.78 Å². The van der Waals surface area contributed by atoms with Crippen LogP contribution in [-0.2, 0) is 4.74 Å². The Kier molecular flexibility index (Phi) is 5.76. The Labute approximate surface area is 166 Å². The molecule has 0 radical (unpaired) electrons. The summed E-state index contributed by atoms with van der Waals surface area (Å²) in [4.78, 5) is 37.7. The Hall–Kier alpha value is -3.49. The van der Waals surface area contributed by atoms with Crippen molar-refractivity contribution in [3.05, 3.63) is 63.5 Å². The van der Waals surface area contributed by atoms with Crippen molar-refractivity contribution >= 4 is 28.8 Å². The van der Waals surface area contributed by atoms with Crippen molar-refractivity contribution in [2.45, 2.75) is 6.92 Å². The third-order valence-electron chi connectivity index (χ3n) is 4.92. The first-order valence-electron chi connectivity index (χ1n) is 8.99. The number of nitro benzene ring substituents is 1. The third kappa shape index (κ3) is 4.18. The number of hydrogen-bond acceptors (Lipinski definition) is 7. The van der Waals surface area contributed by atoms with E-state index in [-0.39, 0.29) is 17.0 Å². The van der Waals surface area contributed by atoms with Crippen molar-refractivity contribution in [1.82, 2.24) is 0 Å². The molecule has 0 N–H and O–H groups in total. The van der Waals surface area contributed by atoms with E-state index in [1.54, 1.807) is 18.2 Å². The molecule has 0 aromatic heterocycles. The molecule has 1 saturated heterocycles. The van der Waals surface area contributed by atoms with E-state index in [1.807, 2.05) is 9.80 Å². The zero-order valence-corrected chi connectivity index (χ0v) is 16.1. The summed E-state index contributed by atoms with van der Waals surface area (Å²) in [7, 11) is 1.17. The van der Waals surface area contributed by atoms with Crippen LogP contribution in [-0.4, -0.2) is 50.0 Å². The minimum atomic E-state index is -0.773. The number of ether oxygens (including phenoxy) is 1. The number of anilines is 2. The Morgan fingerprint density at radius 3 is 2.28 bits per heavy atom. The van der Waals surface area contributed by atoms with Crippen LogP contribution in [0.4, 0.5) is 21.5 Å². The van der Waals surface area contributed by atoms with E-state index in [2.05, 4.69) is 4.74 Å². The molecule has 1 aliphatic rings. The molecular weight excluding hydrogens is 381 g/mol. The van der Waals surface area contributed by atoms with Gasteiger partial charge in [-0.3, -0.25) is 14.9 Å². The van der Waals surface area contributed by atoms with E-state index in [0.717, 1.165) is 0 Å². The standard InChI is InChI=1S/C20H20FN3O5/c1-13(25)14-3-5-19(17(21)11-14)23-9-7-22(8-10-23)15-4-6-18(24(27)28)16(12-15)20(26)29-2/h3-6,11-12H,7-10H2,1-2H3. The van der Waals surface area contributed by atoms with Crippen LogP contribution < -0.4 is 9.80 Å². The summed E-state index contributed by atoms with van der Waals surface area (Å²) in [5.41, 5.74) is 0.984. The lowest BCUT2D eigenvalue weighted by Gasteiger charge is -2.37. The van der Waals surface area contributed by atoms with Gasteiger partial charge in [0, 0.05) is 43.5 Å². The van der Waals surface area contributed by atoms with Gasteiger partial charge in [-0.15, -0.1) is 0 Å². The second-order valence-electron chi connectivity index (χ2n) is 6.65. The molecule has 1 heterocycles. The lowest BCUT2D eigenvalue weighted by Crippen LogP contribution is -2.46. The van der Waals surface area contributed by atoms with Crippen molar-refractivity contribution in [2.24, 2.45) is 0 Å². The molecule has 1 fully saturated rings. The number of esters is 1. The zero-order chi connectivity index (χ0) is 21.1. The highest BCUT2D eigenvalue weighted by molar-refractivity contribution is 5.95. The minimum absolute atomic E-state index is 0.108. The number of halogens is 1. The van der Waals surface area contributed by atoms with E-state index in [0.29, 0.717) is 43.1 Å². The number of nitro groups is 1. The molecule has 0 unspecified atom stereocenters. The van der Waals surface area contributed by atoms with Crippen molar-refractivity contribution in [3.8, 4) is 0 Å². The molecule has 152 valence electrons. The van der Waals surface area contributed by atoms with Crippen LogP contribution in [0.3, 0.4) is 0 Å². The Morgan fingerprint density at radius 2 is 1.72 bits per heavy atom. The highest BCUT2D eigenvalue weighted by atomic mass is 19.1. The molecule has 1 aliphatic heterocycles. The molecular formula is C20H20FN3O5. The van der Waals surface area contributed by atoms with Crippen LogP contribution in [0.5, 0.6) is 0 Å². The number of carbonyl (C=O) groups is 2. The Morgan fingerprint density at radius 1 is 1.07 bits per heavy atom. The van der Waals surface area contributed by atoms with Gasteiger partial charge in [0.1, 0.15) is 11.4 Å². The second-order valence-corrected chi connectivity index (χ2v) is 6.65. The smallest absolute Gasteiger partial charge is 0.344 e. The number of rotatable bonds is 5. The lowest BCUT2D eigenvalue weighted by molar-refractivity contribution is -0.385. The number of Topliss-reactive ketones (excluding diaryl/α,β-unsaturated/α-hetero) is 1. The Balaban J connectivity index is 1.76. The highest BCUT2D eigenvalue weighted by Gasteiger charge is 2.25. The minimum Gasteiger partial charge on any atom is -0.465 e. The first kappa shape index (κ1) is 20.2. The maximum absolute atomic E-state index is 14.4. The maximum Gasteiger partial charge on any atom is 0.344 e. The molecule has 0 spiro atoms. The lowest BCUT2D eigenvalue weighted by atomic mass is 10.1. The summed E-state index contributed by atoms with van der Waals surface area (Å²) >= 11 is 0. The van der Waals surface area contributed by atoms with Crippen molar-refractivity contribution < 1.29 is 23.6 Å². The van der Waals surface area contributed by atoms with Gasteiger partial charge in [0.05, 0.1) is 17.7 Å². The summed E-state index contributed by atoms with van der Waals surface area (Å²) in [6.07, 6.45) is 0. The predicted octanol–water partition coefficient (Wildman–Crippen LogP) is 3.05. The van der Waals surface area contributed by atoms with Gasteiger partial charge in [-0.05, 0) is 37.3 Å². The molecule has 2 aromatic rings. The van der Waals surface area contributed by atoms with Crippen LogP contribution in [0.2, 0.25) is 0 Å². The zero-order valence-electron chi connectivity index (χ0n) is 16.1. The fraction of sp³-hybridized carbons (Fsp3) is 0.300.